The first-order valence-corrected chi connectivity index (χ1v) is 7.60. The molecule has 0 aliphatic rings. The third-order valence-corrected chi connectivity index (χ3v) is 3.94. The Labute approximate surface area is 131 Å². The predicted octanol–water partition coefficient (Wildman–Crippen LogP) is 2.39. The smallest absolute Gasteiger partial charge is 0.246 e. The molecule has 0 fully saturated rings. The van der Waals surface area contributed by atoms with Gasteiger partial charge in [-0.25, -0.2) is 0 Å². The summed E-state index contributed by atoms with van der Waals surface area (Å²) in [7, 11) is 1.72. The minimum atomic E-state index is 0.0139. The van der Waals surface area contributed by atoms with E-state index in [4.69, 9.17) is 4.52 Å². The summed E-state index contributed by atoms with van der Waals surface area (Å²) in [5.74, 6) is 0.831. The molecule has 7 heteroatoms. The van der Waals surface area contributed by atoms with Crippen LogP contribution in [-0.4, -0.2) is 33.0 Å². The number of carbonyl (C=O) groups excluding carboxylic acids is 1. The fourth-order valence-corrected chi connectivity index (χ4v) is 2.60. The second kappa shape index (κ2) is 6.48. The molecular weight excluding hydrogens is 300 g/mol. The van der Waals surface area contributed by atoms with Crippen molar-refractivity contribution < 1.29 is 9.32 Å². The highest BCUT2D eigenvalue weighted by atomic mass is 32.1. The zero-order valence-corrected chi connectivity index (χ0v) is 12.8. The quantitative estimate of drug-likeness (QED) is 0.723. The van der Waals surface area contributed by atoms with Crippen LogP contribution in [-0.2, 0) is 17.8 Å². The number of likely N-dealkylation sites (N-methyl/N-ethyl adjacent to an activating group) is 1. The Hall–Kier alpha value is -2.54. The van der Waals surface area contributed by atoms with Gasteiger partial charge in [0.25, 0.3) is 0 Å². The van der Waals surface area contributed by atoms with E-state index in [1.54, 1.807) is 35.5 Å². The minimum absolute atomic E-state index is 0.0139. The van der Waals surface area contributed by atoms with Crippen LogP contribution in [0.1, 0.15) is 10.8 Å². The highest BCUT2D eigenvalue weighted by Gasteiger charge is 2.15. The van der Waals surface area contributed by atoms with E-state index in [9.17, 15) is 4.79 Å². The molecule has 3 rings (SSSR count). The van der Waals surface area contributed by atoms with E-state index < -0.39 is 0 Å². The molecular formula is C15H14N4O2S. The summed E-state index contributed by atoms with van der Waals surface area (Å²) in [6.45, 7) is 0.282. The van der Waals surface area contributed by atoms with Crippen molar-refractivity contribution in [3.63, 3.8) is 0 Å². The first-order valence-electron chi connectivity index (χ1n) is 6.73. The summed E-state index contributed by atoms with van der Waals surface area (Å²) in [5, 5.41) is 5.85. The van der Waals surface area contributed by atoms with Gasteiger partial charge in [0.15, 0.2) is 0 Å². The fourth-order valence-electron chi connectivity index (χ4n) is 1.91. The molecule has 0 aromatic carbocycles. The average molecular weight is 314 g/mol. The van der Waals surface area contributed by atoms with E-state index in [1.165, 1.54) is 0 Å². The SMILES string of the molecule is CN(Cc1nc(-c2ccccn2)no1)C(=O)Cc1cccs1. The Kier molecular flexibility index (Phi) is 4.24. The van der Waals surface area contributed by atoms with Gasteiger partial charge in [-0.1, -0.05) is 17.3 Å². The Morgan fingerprint density at radius 2 is 2.23 bits per heavy atom. The van der Waals surface area contributed by atoms with Gasteiger partial charge in [0.2, 0.25) is 17.6 Å². The number of carbonyl (C=O) groups is 1. The number of thiophene rings is 1. The number of aromatic nitrogens is 3. The van der Waals surface area contributed by atoms with E-state index >= 15 is 0 Å². The Morgan fingerprint density at radius 1 is 1.32 bits per heavy atom. The van der Waals surface area contributed by atoms with E-state index in [0.29, 0.717) is 23.8 Å². The van der Waals surface area contributed by atoms with Gasteiger partial charge in [-0.15, -0.1) is 11.3 Å². The van der Waals surface area contributed by atoms with Crippen molar-refractivity contribution in [2.24, 2.45) is 0 Å². The molecule has 0 N–H and O–H groups in total. The standard InChI is InChI=1S/C15H14N4O2S/c1-19(14(20)9-11-5-4-8-22-11)10-13-17-15(18-21-13)12-6-2-3-7-16-12/h2-8H,9-10H2,1H3. The van der Waals surface area contributed by atoms with Crippen LogP contribution in [0.3, 0.4) is 0 Å². The predicted molar refractivity (Wildman–Crippen MR) is 82.0 cm³/mol. The minimum Gasteiger partial charge on any atom is -0.337 e. The van der Waals surface area contributed by atoms with Crippen LogP contribution in [0.25, 0.3) is 11.5 Å². The maximum Gasteiger partial charge on any atom is 0.246 e. The van der Waals surface area contributed by atoms with Crippen LogP contribution in [0, 0.1) is 0 Å². The van der Waals surface area contributed by atoms with Crippen LogP contribution in [0.5, 0.6) is 0 Å². The highest BCUT2D eigenvalue weighted by molar-refractivity contribution is 7.10. The lowest BCUT2D eigenvalue weighted by molar-refractivity contribution is -0.129. The number of hydrogen-bond donors (Lipinski definition) is 0. The molecule has 0 unspecified atom stereocenters. The number of pyridine rings is 1. The zero-order valence-electron chi connectivity index (χ0n) is 12.0. The normalized spacial score (nSPS) is 10.6. The van der Waals surface area contributed by atoms with Crippen molar-refractivity contribution in [2.75, 3.05) is 7.05 Å². The molecule has 0 saturated carbocycles. The molecule has 0 aliphatic heterocycles. The molecule has 6 nitrogen and oxygen atoms in total. The van der Waals surface area contributed by atoms with Crippen LogP contribution in [0.15, 0.2) is 46.4 Å². The van der Waals surface area contributed by atoms with Crippen molar-refractivity contribution in [1.82, 2.24) is 20.0 Å². The second-order valence-corrected chi connectivity index (χ2v) is 5.76. The summed E-state index contributed by atoms with van der Waals surface area (Å²) in [4.78, 5) is 23.2. The van der Waals surface area contributed by atoms with Crippen LogP contribution < -0.4 is 0 Å². The monoisotopic (exact) mass is 314 g/mol. The van der Waals surface area contributed by atoms with E-state index in [2.05, 4.69) is 15.1 Å². The Bertz CT molecular complexity index is 740. The molecule has 3 aromatic rings. The Balaban J connectivity index is 1.63. The summed E-state index contributed by atoms with van der Waals surface area (Å²) in [6, 6.07) is 9.36. The van der Waals surface area contributed by atoms with Gasteiger partial charge in [0.1, 0.15) is 5.69 Å². The molecule has 0 aliphatic carbocycles. The maximum absolute atomic E-state index is 12.1. The van der Waals surface area contributed by atoms with Crippen molar-refractivity contribution >= 4 is 17.2 Å². The summed E-state index contributed by atoms with van der Waals surface area (Å²) in [5.41, 5.74) is 0.644. The van der Waals surface area contributed by atoms with Gasteiger partial charge in [0.05, 0.1) is 13.0 Å². The van der Waals surface area contributed by atoms with Gasteiger partial charge in [-0.2, -0.15) is 4.98 Å². The van der Waals surface area contributed by atoms with E-state index in [-0.39, 0.29) is 12.5 Å². The summed E-state index contributed by atoms with van der Waals surface area (Å²) < 4.78 is 5.18. The lowest BCUT2D eigenvalue weighted by Gasteiger charge is -2.13. The number of nitrogens with zero attached hydrogens (tertiary/aromatic N) is 4. The largest absolute Gasteiger partial charge is 0.337 e. The third-order valence-electron chi connectivity index (χ3n) is 3.07. The fraction of sp³-hybridized carbons (Fsp3) is 0.200. The van der Waals surface area contributed by atoms with Crippen molar-refractivity contribution in [2.45, 2.75) is 13.0 Å². The lowest BCUT2D eigenvalue weighted by Crippen LogP contribution is -2.27. The summed E-state index contributed by atoms with van der Waals surface area (Å²) >= 11 is 1.57. The average Bonchev–Trinajstić information content (AvgIpc) is 3.20. The van der Waals surface area contributed by atoms with E-state index in [1.807, 2.05) is 29.6 Å². The van der Waals surface area contributed by atoms with Gasteiger partial charge in [0, 0.05) is 18.1 Å². The zero-order chi connectivity index (χ0) is 15.4. The highest BCUT2D eigenvalue weighted by Crippen LogP contribution is 2.14. The van der Waals surface area contributed by atoms with Crippen LogP contribution in [0.2, 0.25) is 0 Å². The molecule has 0 atom stereocenters. The number of hydrogen-bond acceptors (Lipinski definition) is 6. The lowest BCUT2D eigenvalue weighted by atomic mass is 10.3. The van der Waals surface area contributed by atoms with Gasteiger partial charge in [-0.3, -0.25) is 9.78 Å². The van der Waals surface area contributed by atoms with Crippen LogP contribution in [0.4, 0.5) is 0 Å². The molecule has 112 valence electrons. The van der Waals surface area contributed by atoms with Crippen molar-refractivity contribution in [3.8, 4) is 11.5 Å². The maximum atomic E-state index is 12.1. The van der Waals surface area contributed by atoms with Crippen molar-refractivity contribution in [3.05, 3.63) is 52.7 Å². The molecule has 0 saturated heterocycles. The van der Waals surface area contributed by atoms with Gasteiger partial charge >= 0.3 is 0 Å². The van der Waals surface area contributed by atoms with Crippen LogP contribution >= 0.6 is 11.3 Å². The first-order chi connectivity index (χ1) is 10.7. The first kappa shape index (κ1) is 14.4. The molecule has 0 spiro atoms. The van der Waals surface area contributed by atoms with E-state index in [0.717, 1.165) is 4.88 Å². The molecule has 1 amide bonds. The summed E-state index contributed by atoms with van der Waals surface area (Å²) in [6.07, 6.45) is 2.05. The molecule has 0 bridgehead atoms. The molecule has 0 radical (unpaired) electrons. The third kappa shape index (κ3) is 3.37. The second-order valence-electron chi connectivity index (χ2n) is 4.73. The molecule has 3 heterocycles. The number of rotatable bonds is 5. The van der Waals surface area contributed by atoms with Gasteiger partial charge in [-0.05, 0) is 23.6 Å². The molecule has 3 aromatic heterocycles. The topological polar surface area (TPSA) is 72.1 Å². The number of amides is 1. The van der Waals surface area contributed by atoms with Crippen molar-refractivity contribution in [1.29, 1.82) is 0 Å². The molecule has 22 heavy (non-hydrogen) atoms. The Morgan fingerprint density at radius 3 is 2.95 bits per heavy atom. The van der Waals surface area contributed by atoms with Gasteiger partial charge < -0.3 is 9.42 Å².